The summed E-state index contributed by atoms with van der Waals surface area (Å²) in [5, 5.41) is 2.80. The number of anilines is 2. The molecule has 2 aromatic rings. The van der Waals surface area contributed by atoms with E-state index in [0.29, 0.717) is 17.1 Å². The summed E-state index contributed by atoms with van der Waals surface area (Å²) in [4.78, 5) is 11.8. The van der Waals surface area contributed by atoms with Crippen molar-refractivity contribution in [3.05, 3.63) is 41.3 Å². The summed E-state index contributed by atoms with van der Waals surface area (Å²) in [5.74, 6) is 0.185. The fourth-order valence-electron chi connectivity index (χ4n) is 1.43. The van der Waals surface area contributed by atoms with Crippen LogP contribution in [0.3, 0.4) is 0 Å². The molecule has 5 nitrogen and oxygen atoms in total. The Morgan fingerprint density at radius 3 is 2.78 bits per heavy atom. The van der Waals surface area contributed by atoms with E-state index in [4.69, 9.17) is 26.5 Å². The van der Waals surface area contributed by atoms with Gasteiger partial charge in [-0.3, -0.25) is 4.79 Å². The van der Waals surface area contributed by atoms with E-state index >= 15 is 0 Å². The number of methoxy groups -OCH3 is 1. The molecule has 1 aromatic heterocycles. The van der Waals surface area contributed by atoms with Gasteiger partial charge in [-0.2, -0.15) is 0 Å². The molecule has 0 aliphatic heterocycles. The number of furan rings is 1. The van der Waals surface area contributed by atoms with Gasteiger partial charge in [-0.15, -0.1) is 0 Å². The molecule has 0 aliphatic carbocycles. The average Bonchev–Trinajstić information content (AvgIpc) is 2.78. The van der Waals surface area contributed by atoms with Gasteiger partial charge in [0.25, 0.3) is 5.91 Å². The molecular formula is C12H11ClN2O3. The molecule has 1 amide bonds. The van der Waals surface area contributed by atoms with Crippen molar-refractivity contribution in [3.8, 4) is 5.75 Å². The van der Waals surface area contributed by atoms with Crippen LogP contribution < -0.4 is 15.8 Å². The lowest BCUT2D eigenvalue weighted by atomic mass is 10.2. The largest absolute Gasteiger partial charge is 0.494 e. The molecule has 0 saturated carbocycles. The van der Waals surface area contributed by atoms with Gasteiger partial charge in [0.05, 0.1) is 12.8 Å². The number of hydrogen-bond acceptors (Lipinski definition) is 4. The number of carbonyl (C=O) groups is 1. The number of nitrogens with two attached hydrogens (primary N) is 1. The zero-order valence-electron chi connectivity index (χ0n) is 9.57. The molecule has 0 spiro atoms. The summed E-state index contributed by atoms with van der Waals surface area (Å²) in [6.07, 6.45) is 0. The molecule has 2 rings (SSSR count). The van der Waals surface area contributed by atoms with Gasteiger partial charge in [0.15, 0.2) is 11.0 Å². The monoisotopic (exact) mass is 266 g/mol. The predicted molar refractivity (Wildman–Crippen MR) is 69.1 cm³/mol. The van der Waals surface area contributed by atoms with Crippen molar-refractivity contribution >= 4 is 28.9 Å². The molecule has 3 N–H and O–H groups in total. The molecule has 0 saturated heterocycles. The van der Waals surface area contributed by atoms with Gasteiger partial charge in [0.1, 0.15) is 5.75 Å². The number of hydrogen-bond donors (Lipinski definition) is 2. The number of ether oxygens (including phenoxy) is 1. The number of carbonyl (C=O) groups excluding carboxylic acids is 1. The zero-order valence-corrected chi connectivity index (χ0v) is 10.3. The SMILES string of the molecule is COc1cc(N)ccc1NC(=O)c1ccc(Cl)o1. The smallest absolute Gasteiger partial charge is 0.291 e. The van der Waals surface area contributed by atoms with Crippen LogP contribution in [0.15, 0.2) is 34.7 Å². The third kappa shape index (κ3) is 2.57. The molecule has 1 aromatic carbocycles. The van der Waals surface area contributed by atoms with Crippen molar-refractivity contribution in [2.45, 2.75) is 0 Å². The average molecular weight is 267 g/mol. The van der Waals surface area contributed by atoms with E-state index in [1.807, 2.05) is 0 Å². The van der Waals surface area contributed by atoms with E-state index in [0.717, 1.165) is 0 Å². The molecule has 18 heavy (non-hydrogen) atoms. The maximum Gasteiger partial charge on any atom is 0.291 e. The Morgan fingerprint density at radius 2 is 2.17 bits per heavy atom. The fraction of sp³-hybridized carbons (Fsp3) is 0.0833. The molecule has 0 aliphatic rings. The third-order valence-corrected chi connectivity index (χ3v) is 2.47. The van der Waals surface area contributed by atoms with E-state index in [9.17, 15) is 4.79 Å². The van der Waals surface area contributed by atoms with Gasteiger partial charge in [0.2, 0.25) is 0 Å². The van der Waals surface area contributed by atoms with Gasteiger partial charge >= 0.3 is 0 Å². The summed E-state index contributed by atoms with van der Waals surface area (Å²) in [6.45, 7) is 0. The highest BCUT2D eigenvalue weighted by molar-refractivity contribution is 6.29. The van der Waals surface area contributed by atoms with Gasteiger partial charge in [-0.1, -0.05) is 0 Å². The lowest BCUT2D eigenvalue weighted by Gasteiger charge is -2.09. The molecule has 0 bridgehead atoms. The molecule has 0 radical (unpaired) electrons. The Bertz CT molecular complexity index is 580. The third-order valence-electron chi connectivity index (χ3n) is 2.27. The first-order valence-electron chi connectivity index (χ1n) is 5.10. The number of nitrogen functional groups attached to an aromatic ring is 1. The number of benzene rings is 1. The van der Waals surface area contributed by atoms with Gasteiger partial charge in [-0.05, 0) is 35.9 Å². The molecule has 1 heterocycles. The Hall–Kier alpha value is -2.14. The highest BCUT2D eigenvalue weighted by Gasteiger charge is 2.13. The molecule has 0 fully saturated rings. The Kier molecular flexibility index (Phi) is 3.43. The van der Waals surface area contributed by atoms with Crippen molar-refractivity contribution in [1.29, 1.82) is 0 Å². The van der Waals surface area contributed by atoms with Crippen molar-refractivity contribution in [2.24, 2.45) is 0 Å². The zero-order chi connectivity index (χ0) is 13.1. The number of halogens is 1. The van der Waals surface area contributed by atoms with Crippen LogP contribution in [-0.2, 0) is 0 Å². The van der Waals surface area contributed by atoms with Crippen molar-refractivity contribution in [1.82, 2.24) is 0 Å². The van der Waals surface area contributed by atoms with Crippen molar-refractivity contribution in [2.75, 3.05) is 18.2 Å². The maximum absolute atomic E-state index is 11.8. The van der Waals surface area contributed by atoms with Crippen LogP contribution in [0.1, 0.15) is 10.6 Å². The van der Waals surface area contributed by atoms with E-state index in [1.165, 1.54) is 19.2 Å². The molecular weight excluding hydrogens is 256 g/mol. The molecule has 0 unspecified atom stereocenters. The van der Waals surface area contributed by atoms with Crippen LogP contribution in [0, 0.1) is 0 Å². The van der Waals surface area contributed by atoms with E-state index in [1.54, 1.807) is 18.2 Å². The van der Waals surface area contributed by atoms with Crippen LogP contribution in [0.2, 0.25) is 5.22 Å². The Morgan fingerprint density at radius 1 is 1.39 bits per heavy atom. The second-order valence-electron chi connectivity index (χ2n) is 3.52. The molecule has 6 heteroatoms. The standard InChI is InChI=1S/C12H11ClN2O3/c1-17-10-6-7(14)2-3-8(10)15-12(16)9-4-5-11(13)18-9/h2-6H,14H2,1H3,(H,15,16). The van der Waals surface area contributed by atoms with Crippen LogP contribution in [0.4, 0.5) is 11.4 Å². The normalized spacial score (nSPS) is 10.1. The number of rotatable bonds is 3. The Balaban J connectivity index is 2.21. The lowest BCUT2D eigenvalue weighted by Crippen LogP contribution is -2.11. The summed E-state index contributed by atoms with van der Waals surface area (Å²) >= 11 is 5.60. The maximum atomic E-state index is 11.8. The van der Waals surface area contributed by atoms with E-state index in [-0.39, 0.29) is 11.0 Å². The minimum absolute atomic E-state index is 0.124. The lowest BCUT2D eigenvalue weighted by molar-refractivity contribution is 0.0996. The first-order chi connectivity index (χ1) is 8.60. The second-order valence-corrected chi connectivity index (χ2v) is 3.89. The predicted octanol–water partition coefficient (Wildman–Crippen LogP) is 2.78. The van der Waals surface area contributed by atoms with Crippen LogP contribution >= 0.6 is 11.6 Å². The fourth-order valence-corrected chi connectivity index (χ4v) is 1.58. The minimum atomic E-state index is -0.412. The van der Waals surface area contributed by atoms with Gasteiger partial charge in [-0.25, -0.2) is 0 Å². The molecule has 0 atom stereocenters. The quantitative estimate of drug-likeness (QED) is 0.838. The van der Waals surface area contributed by atoms with Gasteiger partial charge in [0, 0.05) is 11.8 Å². The van der Waals surface area contributed by atoms with Gasteiger partial charge < -0.3 is 20.2 Å². The highest BCUT2D eigenvalue weighted by Crippen LogP contribution is 2.27. The summed E-state index contributed by atoms with van der Waals surface area (Å²) in [7, 11) is 1.49. The van der Waals surface area contributed by atoms with E-state index < -0.39 is 5.91 Å². The molecule has 94 valence electrons. The summed E-state index contributed by atoms with van der Waals surface area (Å²) in [5.41, 5.74) is 6.67. The van der Waals surface area contributed by atoms with Crippen LogP contribution in [0.5, 0.6) is 5.75 Å². The number of nitrogens with one attached hydrogen (secondary N) is 1. The summed E-state index contributed by atoms with van der Waals surface area (Å²) in [6, 6.07) is 7.91. The summed E-state index contributed by atoms with van der Waals surface area (Å²) < 4.78 is 10.1. The van der Waals surface area contributed by atoms with Crippen LogP contribution in [-0.4, -0.2) is 13.0 Å². The first kappa shape index (κ1) is 12.3. The topological polar surface area (TPSA) is 77.5 Å². The second kappa shape index (κ2) is 5.01. The number of amides is 1. The highest BCUT2D eigenvalue weighted by atomic mass is 35.5. The van der Waals surface area contributed by atoms with Crippen molar-refractivity contribution < 1.29 is 13.9 Å². The van der Waals surface area contributed by atoms with E-state index in [2.05, 4.69) is 5.32 Å². The first-order valence-corrected chi connectivity index (χ1v) is 5.48. The van der Waals surface area contributed by atoms with Crippen LogP contribution in [0.25, 0.3) is 0 Å². The minimum Gasteiger partial charge on any atom is -0.494 e. The van der Waals surface area contributed by atoms with Crippen molar-refractivity contribution in [3.63, 3.8) is 0 Å². The Labute approximate surface area is 108 Å².